The number of nitrogens with zero attached hydrogens (tertiary/aromatic N) is 2. The average molecular weight is 297 g/mol. The van der Waals surface area contributed by atoms with E-state index in [0.717, 1.165) is 16.8 Å². The van der Waals surface area contributed by atoms with E-state index < -0.39 is 16.7 Å². The Labute approximate surface area is 120 Å². The first kappa shape index (κ1) is 15.5. The van der Waals surface area contributed by atoms with Gasteiger partial charge in [-0.3, -0.25) is 19.5 Å². The molecule has 8 heteroatoms. The summed E-state index contributed by atoms with van der Waals surface area (Å²) < 4.78 is 6.14. The fraction of sp³-hybridized carbons (Fsp3) is 0.615. The van der Waals surface area contributed by atoms with Crippen molar-refractivity contribution in [2.24, 2.45) is 0 Å². The predicted octanol–water partition coefficient (Wildman–Crippen LogP) is -1.46. The Balaban J connectivity index is 2.01. The first-order valence-corrected chi connectivity index (χ1v) is 6.74. The lowest BCUT2D eigenvalue weighted by atomic mass is 9.94. The van der Waals surface area contributed by atoms with E-state index in [2.05, 4.69) is 5.10 Å². The van der Waals surface area contributed by atoms with Gasteiger partial charge in [0.15, 0.2) is 0 Å². The van der Waals surface area contributed by atoms with E-state index in [1.807, 2.05) is 0 Å². The van der Waals surface area contributed by atoms with Gasteiger partial charge in [-0.15, -0.1) is 0 Å². The smallest absolute Gasteiger partial charge is 0.265 e. The monoisotopic (exact) mass is 297 g/mol. The molecule has 0 aliphatic carbocycles. The lowest BCUT2D eigenvalue weighted by Gasteiger charge is -2.35. The number of aromatic nitrogens is 2. The van der Waals surface area contributed by atoms with Gasteiger partial charge >= 0.3 is 0 Å². The molecule has 1 fully saturated rings. The Bertz CT molecular complexity index is 615. The molecule has 2 heterocycles. The van der Waals surface area contributed by atoms with Crippen molar-refractivity contribution >= 4 is 5.91 Å². The number of carbonyl (C=O) groups excluding carboxylic acids is 1. The van der Waals surface area contributed by atoms with Crippen molar-refractivity contribution < 1.29 is 14.6 Å². The first-order chi connectivity index (χ1) is 9.89. The van der Waals surface area contributed by atoms with Crippen LogP contribution >= 0.6 is 0 Å². The van der Waals surface area contributed by atoms with E-state index in [1.165, 1.54) is 4.90 Å². The predicted molar refractivity (Wildman–Crippen MR) is 74.0 cm³/mol. The highest BCUT2D eigenvalue weighted by Gasteiger charge is 2.32. The van der Waals surface area contributed by atoms with Gasteiger partial charge in [-0.25, -0.2) is 4.68 Å². The number of hydrogen-bond donors (Lipinski definition) is 2. The van der Waals surface area contributed by atoms with Crippen LogP contribution in [0.1, 0.15) is 12.8 Å². The summed E-state index contributed by atoms with van der Waals surface area (Å²) >= 11 is 0. The van der Waals surface area contributed by atoms with Crippen molar-refractivity contribution in [1.82, 2.24) is 14.7 Å². The lowest BCUT2D eigenvalue weighted by molar-refractivity contribution is -0.137. The van der Waals surface area contributed by atoms with E-state index in [1.54, 1.807) is 7.05 Å². The van der Waals surface area contributed by atoms with Gasteiger partial charge in [0.2, 0.25) is 5.91 Å². The minimum atomic E-state index is -0.961. The zero-order valence-electron chi connectivity index (χ0n) is 11.9. The molecule has 0 aromatic carbocycles. The number of H-pyrrole nitrogens is 1. The summed E-state index contributed by atoms with van der Waals surface area (Å²) in [6.07, 6.45) is 0.930. The summed E-state index contributed by atoms with van der Waals surface area (Å²) in [6.45, 7) is 0.826. The van der Waals surface area contributed by atoms with Crippen molar-refractivity contribution in [3.63, 3.8) is 0 Å². The first-order valence-electron chi connectivity index (χ1n) is 6.74. The number of ether oxygens (including phenoxy) is 1. The van der Waals surface area contributed by atoms with Crippen LogP contribution in [0.2, 0.25) is 0 Å². The van der Waals surface area contributed by atoms with Crippen LogP contribution in [0.15, 0.2) is 21.7 Å². The largest absolute Gasteiger partial charge is 0.388 e. The third kappa shape index (κ3) is 4.02. The number of amides is 1. The molecular formula is C13H19N3O5. The van der Waals surface area contributed by atoms with Crippen LogP contribution in [-0.4, -0.2) is 58.1 Å². The molecule has 2 rings (SSSR count). The second-order valence-corrected chi connectivity index (χ2v) is 5.32. The molecule has 0 spiro atoms. The van der Waals surface area contributed by atoms with Gasteiger partial charge in [-0.05, 0) is 0 Å². The topological polar surface area (TPSA) is 105 Å². The highest BCUT2D eigenvalue weighted by Crippen LogP contribution is 2.21. The zero-order chi connectivity index (χ0) is 15.5. The number of rotatable bonds is 4. The maximum Gasteiger partial charge on any atom is 0.265 e. The van der Waals surface area contributed by atoms with Gasteiger partial charge in [0.25, 0.3) is 11.1 Å². The number of aliphatic hydroxyl groups is 1. The highest BCUT2D eigenvalue weighted by atomic mass is 16.5. The minimum Gasteiger partial charge on any atom is -0.388 e. The van der Waals surface area contributed by atoms with Gasteiger partial charge in [0.05, 0.1) is 5.60 Å². The molecule has 116 valence electrons. The molecule has 21 heavy (non-hydrogen) atoms. The summed E-state index contributed by atoms with van der Waals surface area (Å²) in [5.74, 6) is -0.362. The number of likely N-dealkylation sites (N-methyl/N-ethyl adjacent to an activating group) is 1. The number of nitrogens with one attached hydrogen (secondary N) is 1. The molecule has 0 radical (unpaired) electrons. The third-order valence-corrected chi connectivity index (χ3v) is 3.56. The molecule has 2 N–H and O–H groups in total. The quantitative estimate of drug-likeness (QED) is 0.706. The van der Waals surface area contributed by atoms with E-state index in [9.17, 15) is 19.5 Å². The summed E-state index contributed by atoms with van der Waals surface area (Å²) in [4.78, 5) is 36.2. The molecule has 1 aliphatic heterocycles. The Morgan fingerprint density at radius 1 is 1.43 bits per heavy atom. The molecule has 0 atom stereocenters. The molecule has 1 aliphatic rings. The third-order valence-electron chi connectivity index (χ3n) is 3.56. The van der Waals surface area contributed by atoms with Crippen LogP contribution in [0.5, 0.6) is 0 Å². The van der Waals surface area contributed by atoms with E-state index in [0.29, 0.717) is 26.1 Å². The van der Waals surface area contributed by atoms with Gasteiger partial charge < -0.3 is 14.7 Å². The lowest BCUT2D eigenvalue weighted by Crippen LogP contribution is -2.48. The number of carbonyl (C=O) groups is 1. The van der Waals surface area contributed by atoms with Crippen molar-refractivity contribution in [2.45, 2.75) is 25.0 Å². The minimum absolute atomic E-state index is 0.168. The Morgan fingerprint density at radius 2 is 2.10 bits per heavy atom. The van der Waals surface area contributed by atoms with Crippen LogP contribution < -0.4 is 11.1 Å². The molecule has 0 bridgehead atoms. The standard InChI is InChI=1S/C13H19N3O5/c1-15(9-13(20)4-6-21-7-5-13)12(19)8-16-11(18)3-2-10(17)14-16/h2-3,20H,4-9H2,1H3,(H,14,17). The number of hydrogen-bond acceptors (Lipinski definition) is 5. The van der Waals surface area contributed by atoms with Crippen LogP contribution in [0.25, 0.3) is 0 Å². The number of aromatic amines is 1. The summed E-state index contributed by atoms with van der Waals surface area (Å²) in [5.41, 5.74) is -1.87. The molecule has 8 nitrogen and oxygen atoms in total. The SMILES string of the molecule is CN(CC1(O)CCOCC1)C(=O)Cn1[nH]c(=O)ccc1=O. The Hall–Kier alpha value is -1.93. The van der Waals surface area contributed by atoms with Crippen molar-refractivity contribution in [1.29, 1.82) is 0 Å². The zero-order valence-corrected chi connectivity index (χ0v) is 11.9. The van der Waals surface area contributed by atoms with E-state index >= 15 is 0 Å². The molecule has 1 saturated heterocycles. The fourth-order valence-electron chi connectivity index (χ4n) is 2.27. The van der Waals surface area contributed by atoms with Crippen LogP contribution in [-0.2, 0) is 16.1 Å². The molecule has 1 aromatic heterocycles. The van der Waals surface area contributed by atoms with Gasteiger partial charge in [0.1, 0.15) is 6.54 Å². The van der Waals surface area contributed by atoms with Crippen molar-refractivity contribution in [3.8, 4) is 0 Å². The van der Waals surface area contributed by atoms with Crippen LogP contribution in [0.4, 0.5) is 0 Å². The summed E-state index contributed by atoms with van der Waals surface area (Å²) in [7, 11) is 1.56. The van der Waals surface area contributed by atoms with Crippen molar-refractivity contribution in [2.75, 3.05) is 26.8 Å². The van der Waals surface area contributed by atoms with Crippen LogP contribution in [0, 0.1) is 0 Å². The second-order valence-electron chi connectivity index (χ2n) is 5.32. The maximum absolute atomic E-state index is 12.1. The van der Waals surface area contributed by atoms with Crippen molar-refractivity contribution in [3.05, 3.63) is 32.8 Å². The van der Waals surface area contributed by atoms with E-state index in [4.69, 9.17) is 4.74 Å². The van der Waals surface area contributed by atoms with Gasteiger partial charge in [0, 0.05) is 51.8 Å². The average Bonchev–Trinajstić information content (AvgIpc) is 2.43. The molecule has 0 saturated carbocycles. The Morgan fingerprint density at radius 3 is 2.76 bits per heavy atom. The molecular weight excluding hydrogens is 278 g/mol. The molecule has 0 unspecified atom stereocenters. The van der Waals surface area contributed by atoms with Crippen LogP contribution in [0.3, 0.4) is 0 Å². The highest BCUT2D eigenvalue weighted by molar-refractivity contribution is 5.75. The normalized spacial score (nSPS) is 17.4. The summed E-state index contributed by atoms with van der Waals surface area (Å²) in [5, 5.41) is 12.6. The summed E-state index contributed by atoms with van der Waals surface area (Å²) in [6, 6.07) is 2.22. The van der Waals surface area contributed by atoms with E-state index in [-0.39, 0.29) is 19.0 Å². The fourth-order valence-corrected chi connectivity index (χ4v) is 2.27. The molecule has 1 aromatic rings. The van der Waals surface area contributed by atoms with Gasteiger partial charge in [-0.2, -0.15) is 0 Å². The molecule has 1 amide bonds. The second kappa shape index (κ2) is 6.23. The maximum atomic E-state index is 12.1. The Kier molecular flexibility index (Phi) is 4.59. The van der Waals surface area contributed by atoms with Gasteiger partial charge in [-0.1, -0.05) is 0 Å².